The maximum atomic E-state index is 8.98. The fourth-order valence-electron chi connectivity index (χ4n) is 1.31. The lowest BCUT2D eigenvalue weighted by atomic mass is 10.2. The maximum absolute atomic E-state index is 8.98. The van der Waals surface area contributed by atoms with E-state index in [4.69, 9.17) is 15.6 Å². The predicted molar refractivity (Wildman–Crippen MR) is 61.1 cm³/mol. The van der Waals surface area contributed by atoms with Crippen molar-refractivity contribution in [3.8, 4) is 11.6 Å². The predicted octanol–water partition coefficient (Wildman–Crippen LogP) is 1.95. The first-order valence-corrected chi connectivity index (χ1v) is 4.87. The average molecular weight is 216 g/mol. The van der Waals surface area contributed by atoms with Crippen molar-refractivity contribution in [3.63, 3.8) is 0 Å². The number of rotatable bonds is 3. The lowest BCUT2D eigenvalue weighted by Gasteiger charge is -2.06. The molecule has 0 spiro atoms. The number of aliphatic hydroxyl groups is 1. The molecule has 1 aromatic carbocycles. The Morgan fingerprint density at radius 2 is 2.12 bits per heavy atom. The van der Waals surface area contributed by atoms with E-state index >= 15 is 0 Å². The molecule has 2 rings (SSSR count). The molecule has 0 fully saturated rings. The fraction of sp³-hybridized carbons (Fsp3) is 0.0833. The minimum Gasteiger partial charge on any atom is -0.439 e. The molecule has 0 aliphatic carbocycles. The highest BCUT2D eigenvalue weighted by atomic mass is 16.5. The molecule has 0 amide bonds. The van der Waals surface area contributed by atoms with E-state index in [1.165, 1.54) is 0 Å². The number of nitrogens with two attached hydrogens (primary N) is 1. The number of anilines is 1. The molecule has 16 heavy (non-hydrogen) atoms. The van der Waals surface area contributed by atoms with Gasteiger partial charge in [0.15, 0.2) is 0 Å². The minimum absolute atomic E-state index is 0.0123. The lowest BCUT2D eigenvalue weighted by Crippen LogP contribution is -1.91. The third-order valence-corrected chi connectivity index (χ3v) is 2.06. The third-order valence-electron chi connectivity index (χ3n) is 2.06. The highest BCUT2D eigenvalue weighted by molar-refractivity contribution is 5.41. The Balaban J connectivity index is 2.20. The topological polar surface area (TPSA) is 68.4 Å². The van der Waals surface area contributed by atoms with Crippen molar-refractivity contribution in [1.29, 1.82) is 0 Å². The molecular weight excluding hydrogens is 204 g/mol. The molecule has 1 aromatic heterocycles. The van der Waals surface area contributed by atoms with Crippen LogP contribution in [0.3, 0.4) is 0 Å². The summed E-state index contributed by atoms with van der Waals surface area (Å²) in [5.74, 6) is 1.07. The Kier molecular flexibility index (Phi) is 3.03. The zero-order valence-corrected chi connectivity index (χ0v) is 8.63. The number of aromatic nitrogens is 1. The minimum atomic E-state index is -0.0123. The number of ether oxygens (including phenoxy) is 1. The summed E-state index contributed by atoms with van der Waals surface area (Å²) < 4.78 is 5.50. The highest BCUT2D eigenvalue weighted by Crippen LogP contribution is 2.21. The molecule has 0 radical (unpaired) electrons. The molecule has 0 atom stereocenters. The second-order valence-electron chi connectivity index (χ2n) is 3.33. The van der Waals surface area contributed by atoms with Crippen molar-refractivity contribution in [2.24, 2.45) is 0 Å². The molecule has 1 heterocycles. The maximum Gasteiger partial charge on any atom is 0.221 e. The van der Waals surface area contributed by atoms with Crippen LogP contribution in [0.25, 0.3) is 0 Å². The van der Waals surface area contributed by atoms with Crippen LogP contribution >= 0.6 is 0 Å². The van der Waals surface area contributed by atoms with E-state index < -0.39 is 0 Å². The Hall–Kier alpha value is -2.07. The van der Waals surface area contributed by atoms with Crippen LogP contribution in [0.1, 0.15) is 5.56 Å². The zero-order valence-electron chi connectivity index (χ0n) is 8.63. The van der Waals surface area contributed by atoms with Gasteiger partial charge in [0.25, 0.3) is 0 Å². The Morgan fingerprint density at radius 3 is 2.88 bits per heavy atom. The van der Waals surface area contributed by atoms with Gasteiger partial charge in [0.1, 0.15) is 5.75 Å². The summed E-state index contributed by atoms with van der Waals surface area (Å²) in [6.45, 7) is -0.0123. The number of aliphatic hydroxyl groups excluding tert-OH is 1. The van der Waals surface area contributed by atoms with E-state index in [1.807, 2.05) is 12.1 Å². The first-order valence-electron chi connectivity index (χ1n) is 4.87. The zero-order chi connectivity index (χ0) is 11.4. The van der Waals surface area contributed by atoms with Gasteiger partial charge in [-0.25, -0.2) is 4.98 Å². The number of benzene rings is 1. The third kappa shape index (κ3) is 2.49. The summed E-state index contributed by atoms with van der Waals surface area (Å²) in [4.78, 5) is 4.03. The normalized spacial score (nSPS) is 10.1. The van der Waals surface area contributed by atoms with Gasteiger partial charge in [-0.05, 0) is 23.8 Å². The van der Waals surface area contributed by atoms with Crippen molar-refractivity contribution < 1.29 is 9.84 Å². The van der Waals surface area contributed by atoms with E-state index in [9.17, 15) is 0 Å². The van der Waals surface area contributed by atoms with Gasteiger partial charge < -0.3 is 15.6 Å². The summed E-state index contributed by atoms with van der Waals surface area (Å²) in [7, 11) is 0. The van der Waals surface area contributed by atoms with E-state index in [0.29, 0.717) is 17.3 Å². The summed E-state index contributed by atoms with van der Waals surface area (Å²) >= 11 is 0. The van der Waals surface area contributed by atoms with Crippen LogP contribution in [0.4, 0.5) is 5.69 Å². The quantitative estimate of drug-likeness (QED) is 0.822. The van der Waals surface area contributed by atoms with E-state index in [1.54, 1.807) is 30.5 Å². The van der Waals surface area contributed by atoms with Crippen molar-refractivity contribution in [2.75, 3.05) is 5.73 Å². The largest absolute Gasteiger partial charge is 0.439 e. The molecule has 4 nitrogen and oxygen atoms in total. The standard InChI is InChI=1S/C12H12N2O2/c13-10-4-5-14-12(7-10)16-11-3-1-2-9(6-11)8-15/h1-7,15H,8H2,(H2,13,14). The van der Waals surface area contributed by atoms with E-state index in [2.05, 4.69) is 4.98 Å². The average Bonchev–Trinajstić information content (AvgIpc) is 2.29. The lowest BCUT2D eigenvalue weighted by molar-refractivity contribution is 0.281. The first-order chi connectivity index (χ1) is 7.78. The van der Waals surface area contributed by atoms with Crippen molar-refractivity contribution in [2.45, 2.75) is 6.61 Å². The summed E-state index contributed by atoms with van der Waals surface area (Å²) in [6, 6.07) is 10.5. The Morgan fingerprint density at radius 1 is 1.25 bits per heavy atom. The van der Waals surface area contributed by atoms with Crippen LogP contribution < -0.4 is 10.5 Å². The van der Waals surface area contributed by atoms with Crippen molar-refractivity contribution in [1.82, 2.24) is 4.98 Å². The fourth-order valence-corrected chi connectivity index (χ4v) is 1.31. The summed E-state index contributed by atoms with van der Waals surface area (Å²) in [5, 5.41) is 8.98. The van der Waals surface area contributed by atoms with E-state index in [0.717, 1.165) is 5.56 Å². The smallest absolute Gasteiger partial charge is 0.221 e. The second-order valence-corrected chi connectivity index (χ2v) is 3.33. The summed E-state index contributed by atoms with van der Waals surface area (Å²) in [6.07, 6.45) is 1.58. The molecule has 82 valence electrons. The molecule has 0 saturated heterocycles. The molecular formula is C12H12N2O2. The molecule has 0 unspecified atom stereocenters. The number of hydrogen-bond donors (Lipinski definition) is 2. The highest BCUT2D eigenvalue weighted by Gasteiger charge is 1.99. The van der Waals surface area contributed by atoms with Crippen molar-refractivity contribution in [3.05, 3.63) is 48.2 Å². The summed E-state index contributed by atoms with van der Waals surface area (Å²) in [5.41, 5.74) is 7.00. The molecule has 2 aromatic rings. The monoisotopic (exact) mass is 216 g/mol. The van der Waals surface area contributed by atoms with Crippen LogP contribution in [-0.4, -0.2) is 10.1 Å². The molecule has 3 N–H and O–H groups in total. The van der Waals surface area contributed by atoms with Crippen LogP contribution in [-0.2, 0) is 6.61 Å². The molecule has 0 aliphatic heterocycles. The van der Waals surface area contributed by atoms with Gasteiger partial charge in [-0.15, -0.1) is 0 Å². The van der Waals surface area contributed by atoms with E-state index in [-0.39, 0.29) is 6.61 Å². The van der Waals surface area contributed by atoms with Gasteiger partial charge in [0.2, 0.25) is 5.88 Å². The number of pyridine rings is 1. The SMILES string of the molecule is Nc1ccnc(Oc2cccc(CO)c2)c1. The van der Waals surface area contributed by atoms with Crippen molar-refractivity contribution >= 4 is 5.69 Å². The Bertz CT molecular complexity index is 486. The second kappa shape index (κ2) is 4.63. The van der Waals surface area contributed by atoms with Crippen LogP contribution in [0.15, 0.2) is 42.6 Å². The molecule has 0 saturated carbocycles. The number of hydrogen-bond acceptors (Lipinski definition) is 4. The van der Waals surface area contributed by atoms with Crippen LogP contribution in [0, 0.1) is 0 Å². The Labute approximate surface area is 93.3 Å². The van der Waals surface area contributed by atoms with Gasteiger partial charge in [0, 0.05) is 18.0 Å². The molecule has 0 aliphatic rings. The van der Waals surface area contributed by atoms with Gasteiger partial charge >= 0.3 is 0 Å². The number of nitrogens with zero attached hydrogens (tertiary/aromatic N) is 1. The van der Waals surface area contributed by atoms with Crippen LogP contribution in [0.5, 0.6) is 11.6 Å². The molecule has 0 bridgehead atoms. The van der Waals surface area contributed by atoms with Gasteiger partial charge in [-0.1, -0.05) is 12.1 Å². The van der Waals surface area contributed by atoms with Gasteiger partial charge in [-0.3, -0.25) is 0 Å². The van der Waals surface area contributed by atoms with Gasteiger partial charge in [-0.2, -0.15) is 0 Å². The number of nitrogen functional groups attached to an aromatic ring is 1. The van der Waals surface area contributed by atoms with Gasteiger partial charge in [0.05, 0.1) is 6.61 Å². The first kappa shape index (κ1) is 10.4. The molecule has 4 heteroatoms. The van der Waals surface area contributed by atoms with Crippen LogP contribution in [0.2, 0.25) is 0 Å².